The molecule has 0 radical (unpaired) electrons. The van der Waals surface area contributed by atoms with E-state index < -0.39 is 0 Å². The monoisotopic (exact) mass is 498 g/mol. The predicted molar refractivity (Wildman–Crippen MR) is 166 cm³/mol. The van der Waals surface area contributed by atoms with Crippen LogP contribution in [0.1, 0.15) is 12.8 Å². The molecule has 3 aliphatic rings. The van der Waals surface area contributed by atoms with Gasteiger partial charge in [0.15, 0.2) is 0 Å². The van der Waals surface area contributed by atoms with Crippen molar-refractivity contribution in [3.63, 3.8) is 0 Å². The maximum atomic E-state index is 2.52. The minimum Gasteiger partial charge on any atom is -0.315 e. The van der Waals surface area contributed by atoms with E-state index in [1.807, 2.05) is 0 Å². The second-order valence-corrected chi connectivity index (χ2v) is 10.4. The number of nitrogens with zero attached hydrogens (tertiary/aromatic N) is 2. The Kier molecular flexibility index (Phi) is 5.09. The molecule has 5 aromatic carbocycles. The van der Waals surface area contributed by atoms with Gasteiger partial charge in [0.1, 0.15) is 0 Å². The van der Waals surface area contributed by atoms with Gasteiger partial charge in [-0.3, -0.25) is 0 Å². The Morgan fingerprint density at radius 2 is 1.18 bits per heavy atom. The molecule has 0 spiro atoms. The Morgan fingerprint density at radius 3 is 2.00 bits per heavy atom. The van der Waals surface area contributed by atoms with Gasteiger partial charge in [-0.25, -0.2) is 0 Å². The smallest absolute Gasteiger partial charge is 0.251 e. The summed E-state index contributed by atoms with van der Waals surface area (Å²) < 4.78 is 0. The first kappa shape index (κ1) is 22.2. The number of benzene rings is 5. The van der Waals surface area contributed by atoms with Crippen LogP contribution in [-0.2, 0) is 0 Å². The van der Waals surface area contributed by atoms with Crippen molar-refractivity contribution in [2.45, 2.75) is 12.8 Å². The van der Waals surface area contributed by atoms with Gasteiger partial charge in [0.25, 0.3) is 6.71 Å². The minimum absolute atomic E-state index is 0.207. The second kappa shape index (κ2) is 8.92. The second-order valence-electron chi connectivity index (χ2n) is 10.4. The number of anilines is 5. The number of para-hydroxylation sites is 3. The maximum Gasteiger partial charge on any atom is 0.251 e. The van der Waals surface area contributed by atoms with Crippen LogP contribution in [0.4, 0.5) is 28.4 Å². The highest BCUT2D eigenvalue weighted by Gasteiger charge is 2.43. The molecule has 2 heterocycles. The Balaban J connectivity index is 1.44. The average molecular weight is 498 g/mol. The molecular weight excluding hydrogens is 471 g/mol. The lowest BCUT2D eigenvalue weighted by Gasteiger charge is -2.45. The molecule has 0 N–H and O–H groups in total. The first-order valence-corrected chi connectivity index (χ1v) is 13.8. The lowest BCUT2D eigenvalue weighted by molar-refractivity contribution is 0.908. The van der Waals surface area contributed by atoms with Crippen LogP contribution < -0.4 is 20.7 Å². The van der Waals surface area contributed by atoms with Crippen molar-refractivity contribution in [2.75, 3.05) is 9.80 Å². The highest BCUT2D eigenvalue weighted by molar-refractivity contribution is 6.95. The van der Waals surface area contributed by atoms with Crippen molar-refractivity contribution in [2.24, 2.45) is 0 Å². The molecule has 184 valence electrons. The zero-order chi connectivity index (χ0) is 25.8. The molecule has 0 aromatic heterocycles. The lowest BCUT2D eigenvalue weighted by atomic mass is 9.32. The molecule has 0 bridgehead atoms. The van der Waals surface area contributed by atoms with Crippen LogP contribution >= 0.6 is 0 Å². The first-order valence-electron chi connectivity index (χ1n) is 13.8. The van der Waals surface area contributed by atoms with Crippen LogP contribution in [0.25, 0.3) is 11.1 Å². The molecule has 0 saturated heterocycles. The van der Waals surface area contributed by atoms with Crippen LogP contribution in [-0.4, -0.2) is 6.71 Å². The van der Waals surface area contributed by atoms with Crippen LogP contribution in [0.3, 0.4) is 0 Å². The molecule has 0 saturated carbocycles. The van der Waals surface area contributed by atoms with E-state index in [2.05, 4.69) is 149 Å². The highest BCUT2D eigenvalue weighted by atomic mass is 15.2. The van der Waals surface area contributed by atoms with Gasteiger partial charge < -0.3 is 9.80 Å². The van der Waals surface area contributed by atoms with Crippen molar-refractivity contribution in [3.8, 4) is 11.1 Å². The van der Waals surface area contributed by atoms with Gasteiger partial charge in [-0.05, 0) is 71.2 Å². The van der Waals surface area contributed by atoms with Gasteiger partial charge in [0.2, 0.25) is 0 Å². The van der Waals surface area contributed by atoms with E-state index in [-0.39, 0.29) is 6.71 Å². The summed E-state index contributed by atoms with van der Waals surface area (Å²) in [6.45, 7) is 0.207. The molecule has 0 fully saturated rings. The van der Waals surface area contributed by atoms with Crippen molar-refractivity contribution in [3.05, 3.63) is 151 Å². The van der Waals surface area contributed by atoms with E-state index in [0.717, 1.165) is 12.8 Å². The number of rotatable bonds is 3. The number of hydrogen-bond donors (Lipinski definition) is 0. The maximum absolute atomic E-state index is 2.52. The van der Waals surface area contributed by atoms with Crippen molar-refractivity contribution in [1.29, 1.82) is 0 Å². The molecular formula is C36H27BN2. The molecule has 3 heteroatoms. The molecule has 5 aromatic rings. The van der Waals surface area contributed by atoms with Gasteiger partial charge in [-0.2, -0.15) is 0 Å². The van der Waals surface area contributed by atoms with Crippen molar-refractivity contribution >= 4 is 46.1 Å². The van der Waals surface area contributed by atoms with Gasteiger partial charge in [-0.1, -0.05) is 103 Å². The summed E-state index contributed by atoms with van der Waals surface area (Å²) in [5.41, 5.74) is 14.3. The van der Waals surface area contributed by atoms with Crippen molar-refractivity contribution < 1.29 is 0 Å². The third-order valence-electron chi connectivity index (χ3n) is 8.32. The number of allylic oxidation sites excluding steroid dienone is 4. The Bertz CT molecular complexity index is 1770. The molecule has 1 aliphatic carbocycles. The van der Waals surface area contributed by atoms with E-state index >= 15 is 0 Å². The normalized spacial score (nSPS) is 15.1. The fourth-order valence-corrected chi connectivity index (χ4v) is 6.75. The van der Waals surface area contributed by atoms with E-state index in [4.69, 9.17) is 0 Å². The summed E-state index contributed by atoms with van der Waals surface area (Å²) in [6.07, 6.45) is 6.87. The average Bonchev–Trinajstić information content (AvgIpc) is 3.02. The van der Waals surface area contributed by atoms with Crippen LogP contribution in [0.2, 0.25) is 0 Å². The summed E-state index contributed by atoms with van der Waals surface area (Å²) in [4.78, 5) is 5.01. The zero-order valence-electron chi connectivity index (χ0n) is 21.7. The largest absolute Gasteiger partial charge is 0.315 e. The molecule has 8 rings (SSSR count). The summed E-state index contributed by atoms with van der Waals surface area (Å²) >= 11 is 0. The van der Waals surface area contributed by atoms with E-state index in [1.165, 1.54) is 61.7 Å². The third kappa shape index (κ3) is 3.36. The van der Waals surface area contributed by atoms with Crippen LogP contribution in [0, 0.1) is 0 Å². The highest BCUT2D eigenvalue weighted by Crippen LogP contribution is 2.47. The van der Waals surface area contributed by atoms with Crippen LogP contribution in [0.15, 0.2) is 151 Å². The third-order valence-corrected chi connectivity index (χ3v) is 8.32. The molecule has 2 aliphatic heterocycles. The van der Waals surface area contributed by atoms with Gasteiger partial charge >= 0.3 is 0 Å². The molecule has 0 atom stereocenters. The fourth-order valence-electron chi connectivity index (χ4n) is 6.75. The molecule has 0 unspecified atom stereocenters. The number of hydrogen-bond acceptors (Lipinski definition) is 2. The number of fused-ring (bicyclic) bond motifs is 3. The van der Waals surface area contributed by atoms with Gasteiger partial charge in [0, 0.05) is 34.0 Å². The Labute approximate surface area is 230 Å². The SMILES string of the molecule is C1=CC2=C(CC1)N(c1ccccc1)c1cccc3c1B2c1ccccc1N3c1ccccc1-c1ccccc1. The minimum atomic E-state index is 0.207. The summed E-state index contributed by atoms with van der Waals surface area (Å²) in [5.74, 6) is 0. The lowest BCUT2D eigenvalue weighted by Crippen LogP contribution is -2.56. The van der Waals surface area contributed by atoms with E-state index in [0.29, 0.717) is 0 Å². The quantitative estimate of drug-likeness (QED) is 0.232. The molecule has 0 amide bonds. The zero-order valence-corrected chi connectivity index (χ0v) is 21.7. The standard InChI is InChI=1S/C36H27BN2/c1-3-14-26(15-4-1)28-18-7-10-21-31(28)39-33-23-12-9-20-30(33)37-29-19-8-11-22-32(29)38(27-16-5-2-6-17-27)34-24-13-25-35(39)36(34)37/h1-10,12-21,23-25H,11,22H2. The molecule has 39 heavy (non-hydrogen) atoms. The summed E-state index contributed by atoms with van der Waals surface area (Å²) in [5, 5.41) is 0. The first-order chi connectivity index (χ1) is 19.4. The predicted octanol–water partition coefficient (Wildman–Crippen LogP) is 8.04. The Morgan fingerprint density at radius 1 is 0.538 bits per heavy atom. The Hall–Kier alpha value is -4.76. The summed E-state index contributed by atoms with van der Waals surface area (Å²) in [7, 11) is 0. The topological polar surface area (TPSA) is 6.48 Å². The molecule has 2 nitrogen and oxygen atoms in total. The van der Waals surface area contributed by atoms with E-state index in [9.17, 15) is 0 Å². The fraction of sp³-hybridized carbons (Fsp3) is 0.0556. The summed E-state index contributed by atoms with van der Waals surface area (Å²) in [6, 6.07) is 46.3. The van der Waals surface area contributed by atoms with Gasteiger partial charge in [-0.15, -0.1) is 0 Å². The van der Waals surface area contributed by atoms with Gasteiger partial charge in [0.05, 0.1) is 5.69 Å². The van der Waals surface area contributed by atoms with Crippen LogP contribution in [0.5, 0.6) is 0 Å². The van der Waals surface area contributed by atoms with E-state index in [1.54, 1.807) is 0 Å². The van der Waals surface area contributed by atoms with Crippen molar-refractivity contribution in [1.82, 2.24) is 0 Å².